The van der Waals surface area contributed by atoms with E-state index < -0.39 is 29.7 Å². The van der Waals surface area contributed by atoms with E-state index in [1.165, 1.54) is 13.3 Å². The Kier molecular flexibility index (Phi) is 6.97. The van der Waals surface area contributed by atoms with Crippen LogP contribution in [0.25, 0.3) is 22.2 Å². The summed E-state index contributed by atoms with van der Waals surface area (Å²) in [6.07, 6.45) is 2.56. The Bertz CT molecular complexity index is 1460. The van der Waals surface area contributed by atoms with Crippen molar-refractivity contribution in [3.05, 3.63) is 72.3 Å². The molecule has 7 nitrogen and oxygen atoms in total. The number of fused-ring (bicyclic) bond motifs is 1. The molecular formula is C27H27F4N5O2. The normalized spacial score (nSPS) is 18.8. The fourth-order valence-corrected chi connectivity index (χ4v) is 5.10. The van der Waals surface area contributed by atoms with Crippen LogP contribution in [0.3, 0.4) is 0 Å². The zero-order valence-electron chi connectivity index (χ0n) is 20.6. The van der Waals surface area contributed by atoms with Crippen LogP contribution in [0.2, 0.25) is 0 Å². The largest absolute Gasteiger partial charge is 0.494 e. The zero-order chi connectivity index (χ0) is 27.0. The number of rotatable bonds is 7. The molecule has 3 aromatic heterocycles. The minimum absolute atomic E-state index is 0.0194. The molecule has 0 unspecified atom stereocenters. The molecule has 0 bridgehead atoms. The lowest BCUT2D eigenvalue weighted by molar-refractivity contribution is -0.0529. The summed E-state index contributed by atoms with van der Waals surface area (Å²) in [5, 5.41) is 11.1. The van der Waals surface area contributed by atoms with E-state index >= 15 is 0 Å². The van der Waals surface area contributed by atoms with E-state index in [2.05, 4.69) is 9.97 Å². The summed E-state index contributed by atoms with van der Waals surface area (Å²) >= 11 is 0. The predicted molar refractivity (Wildman–Crippen MR) is 135 cm³/mol. The van der Waals surface area contributed by atoms with E-state index in [0.717, 1.165) is 23.0 Å². The van der Waals surface area contributed by atoms with Crippen LogP contribution in [0, 0.1) is 11.6 Å². The Balaban J connectivity index is 1.59. The maximum absolute atomic E-state index is 14.9. The van der Waals surface area contributed by atoms with Crippen molar-refractivity contribution < 1.29 is 27.4 Å². The number of methoxy groups -OCH3 is 1. The van der Waals surface area contributed by atoms with Gasteiger partial charge >= 0.3 is 0 Å². The summed E-state index contributed by atoms with van der Waals surface area (Å²) < 4.78 is 63.0. The molecule has 1 aliphatic rings. The van der Waals surface area contributed by atoms with E-state index in [-0.39, 0.29) is 30.0 Å². The molecule has 0 saturated carbocycles. The average Bonchev–Trinajstić information content (AvgIpc) is 3.32. The Hall–Kier alpha value is -3.70. The van der Waals surface area contributed by atoms with Gasteiger partial charge in [-0.3, -0.25) is 9.97 Å². The van der Waals surface area contributed by atoms with E-state index in [9.17, 15) is 22.7 Å². The number of anilines is 1. The second kappa shape index (κ2) is 10.2. The van der Waals surface area contributed by atoms with Crippen molar-refractivity contribution in [1.82, 2.24) is 14.5 Å². The summed E-state index contributed by atoms with van der Waals surface area (Å²) in [5.74, 6) is -1.66. The summed E-state index contributed by atoms with van der Waals surface area (Å²) in [6.45, 7) is 0.809. The Morgan fingerprint density at radius 1 is 1.16 bits per heavy atom. The number of piperidine rings is 1. The van der Waals surface area contributed by atoms with Crippen molar-refractivity contribution in [2.45, 2.75) is 37.5 Å². The molecule has 1 aliphatic heterocycles. The number of hydrogen-bond donors (Lipinski definition) is 2. The lowest BCUT2D eigenvalue weighted by Gasteiger charge is -2.44. The first-order chi connectivity index (χ1) is 18.2. The molecular weight excluding hydrogens is 502 g/mol. The Labute approximate surface area is 216 Å². The molecule has 3 N–H and O–H groups in total. The fourth-order valence-electron chi connectivity index (χ4n) is 5.10. The molecule has 1 aromatic carbocycles. The Morgan fingerprint density at radius 2 is 1.97 bits per heavy atom. The van der Waals surface area contributed by atoms with Crippen LogP contribution in [0.4, 0.5) is 23.2 Å². The van der Waals surface area contributed by atoms with Gasteiger partial charge in [0.15, 0.2) is 11.6 Å². The molecule has 11 heteroatoms. The van der Waals surface area contributed by atoms with Crippen molar-refractivity contribution in [2.75, 3.05) is 25.1 Å². The SMILES string of the molecule is COc1cc(F)c(-c2cc(Cn3ccc4cnccc43)c(N3CCC[C@](N)([C@H](O)C(F)F)C3)cn2)cc1F. The van der Waals surface area contributed by atoms with Gasteiger partial charge < -0.3 is 25.0 Å². The van der Waals surface area contributed by atoms with E-state index in [1.807, 2.05) is 27.8 Å². The van der Waals surface area contributed by atoms with Crippen LogP contribution >= 0.6 is 0 Å². The predicted octanol–water partition coefficient (Wildman–Crippen LogP) is 4.36. The van der Waals surface area contributed by atoms with Gasteiger partial charge in [0.1, 0.15) is 11.9 Å². The Morgan fingerprint density at radius 3 is 2.74 bits per heavy atom. The summed E-state index contributed by atoms with van der Waals surface area (Å²) in [7, 11) is 1.25. The number of alkyl halides is 2. The third-order valence-corrected chi connectivity index (χ3v) is 7.12. The highest BCUT2D eigenvalue weighted by molar-refractivity contribution is 5.79. The first-order valence-corrected chi connectivity index (χ1v) is 12.1. The van der Waals surface area contributed by atoms with E-state index in [4.69, 9.17) is 10.5 Å². The van der Waals surface area contributed by atoms with E-state index in [0.29, 0.717) is 30.8 Å². The fraction of sp³-hybridized carbons (Fsp3) is 0.333. The van der Waals surface area contributed by atoms with Crippen molar-refractivity contribution in [2.24, 2.45) is 5.73 Å². The molecule has 2 atom stereocenters. The number of nitrogens with two attached hydrogens (primary N) is 1. The van der Waals surface area contributed by atoms with Gasteiger partial charge in [-0.1, -0.05) is 0 Å². The molecule has 0 amide bonds. The van der Waals surface area contributed by atoms with Gasteiger partial charge in [-0.2, -0.15) is 0 Å². The van der Waals surface area contributed by atoms with Crippen molar-refractivity contribution in [3.8, 4) is 17.0 Å². The van der Waals surface area contributed by atoms with Gasteiger partial charge in [-0.05, 0) is 42.7 Å². The van der Waals surface area contributed by atoms with Gasteiger partial charge in [0.2, 0.25) is 0 Å². The number of halogens is 4. The zero-order valence-corrected chi connectivity index (χ0v) is 20.6. The lowest BCUT2D eigenvalue weighted by Crippen LogP contribution is -2.63. The minimum atomic E-state index is -2.98. The van der Waals surface area contributed by atoms with E-state index in [1.54, 1.807) is 18.5 Å². The minimum Gasteiger partial charge on any atom is -0.494 e. The van der Waals surface area contributed by atoms with Crippen LogP contribution in [0.1, 0.15) is 18.4 Å². The summed E-state index contributed by atoms with van der Waals surface area (Å²) in [5.41, 5.74) is 7.11. The third-order valence-electron chi connectivity index (χ3n) is 7.12. The van der Waals surface area contributed by atoms with Crippen molar-refractivity contribution in [1.29, 1.82) is 0 Å². The van der Waals surface area contributed by atoms with Crippen LogP contribution in [0.15, 0.2) is 55.1 Å². The van der Waals surface area contributed by atoms with Crippen molar-refractivity contribution >= 4 is 16.6 Å². The number of hydrogen-bond acceptors (Lipinski definition) is 6. The monoisotopic (exact) mass is 529 g/mol. The third kappa shape index (κ3) is 4.79. The standard InChI is InChI=1S/C27H27F4N5O2/c1-38-24-11-19(28)18(10-20(24)29)21-9-17(14-35-8-4-16-12-33-6-3-22(16)35)23(13-34-21)36-7-2-5-27(32,15-36)25(37)26(30)31/h3-4,6,8-13,25-26,37H,2,5,7,14-15,32H2,1H3/t25-,27-/m1/s1. The highest BCUT2D eigenvalue weighted by Crippen LogP contribution is 2.35. The molecule has 1 saturated heterocycles. The summed E-state index contributed by atoms with van der Waals surface area (Å²) in [6, 6.07) is 7.42. The molecule has 1 fully saturated rings. The second-order valence-electron chi connectivity index (χ2n) is 9.58. The van der Waals surface area contributed by atoms with Crippen LogP contribution in [-0.4, -0.2) is 57.9 Å². The highest BCUT2D eigenvalue weighted by Gasteiger charge is 2.43. The smallest absolute Gasteiger partial charge is 0.265 e. The summed E-state index contributed by atoms with van der Waals surface area (Å²) in [4.78, 5) is 10.4. The number of ether oxygens (including phenoxy) is 1. The van der Waals surface area contributed by atoms with Crippen LogP contribution in [0.5, 0.6) is 5.75 Å². The number of nitrogens with zero attached hydrogens (tertiary/aromatic N) is 4. The molecule has 200 valence electrons. The lowest BCUT2D eigenvalue weighted by atomic mass is 9.84. The number of aromatic nitrogens is 3. The van der Waals surface area contributed by atoms with Crippen molar-refractivity contribution in [3.63, 3.8) is 0 Å². The van der Waals surface area contributed by atoms with Gasteiger partial charge in [-0.25, -0.2) is 17.6 Å². The maximum atomic E-state index is 14.9. The quantitative estimate of drug-likeness (QED) is 0.346. The second-order valence-corrected chi connectivity index (χ2v) is 9.58. The number of benzene rings is 1. The maximum Gasteiger partial charge on any atom is 0.265 e. The first-order valence-electron chi connectivity index (χ1n) is 12.1. The first kappa shape index (κ1) is 25.9. The van der Waals surface area contributed by atoms with Gasteiger partial charge in [-0.15, -0.1) is 0 Å². The van der Waals surface area contributed by atoms with Crippen LogP contribution < -0.4 is 15.4 Å². The topological polar surface area (TPSA) is 89.4 Å². The number of aliphatic hydroxyl groups excluding tert-OH is 1. The van der Waals surface area contributed by atoms with Crippen LogP contribution in [-0.2, 0) is 6.54 Å². The van der Waals surface area contributed by atoms with Gasteiger partial charge in [0.05, 0.1) is 35.7 Å². The molecule has 5 rings (SSSR count). The number of pyridine rings is 2. The molecule has 0 radical (unpaired) electrons. The highest BCUT2D eigenvalue weighted by atomic mass is 19.3. The molecule has 38 heavy (non-hydrogen) atoms. The molecule has 0 spiro atoms. The number of aliphatic hydroxyl groups is 1. The van der Waals surface area contributed by atoms with Gasteiger partial charge in [0, 0.05) is 55.2 Å². The molecule has 0 aliphatic carbocycles. The molecule has 4 aromatic rings. The van der Waals surface area contributed by atoms with Gasteiger partial charge in [0.25, 0.3) is 6.43 Å². The molecule has 4 heterocycles. The average molecular weight is 530 g/mol.